The number of fused-ring (bicyclic) bond motifs is 1. The third-order valence-corrected chi connectivity index (χ3v) is 4.17. The van der Waals surface area contributed by atoms with Gasteiger partial charge >= 0.3 is 6.03 Å². The Balaban J connectivity index is 1.91. The van der Waals surface area contributed by atoms with Gasteiger partial charge in [0.2, 0.25) is 0 Å². The number of nitrogens with zero attached hydrogens (tertiary/aromatic N) is 1. The van der Waals surface area contributed by atoms with Gasteiger partial charge in [0.25, 0.3) is 0 Å². The fourth-order valence-corrected chi connectivity index (χ4v) is 3.11. The second-order valence-electron chi connectivity index (χ2n) is 4.97. The van der Waals surface area contributed by atoms with Gasteiger partial charge in [0, 0.05) is 5.57 Å². The van der Waals surface area contributed by atoms with Crippen LogP contribution in [0.25, 0.3) is 0 Å². The Bertz CT molecular complexity index is 539. The van der Waals surface area contributed by atoms with Crippen LogP contribution in [0.3, 0.4) is 0 Å². The number of nitrogens with one attached hydrogen (secondary N) is 2. The van der Waals surface area contributed by atoms with Crippen molar-refractivity contribution in [1.29, 1.82) is 0 Å². The molecule has 3 rings (SSSR count). The maximum absolute atomic E-state index is 12.2. The van der Waals surface area contributed by atoms with E-state index in [2.05, 4.69) is 26.6 Å². The molecule has 1 saturated heterocycles. The van der Waals surface area contributed by atoms with E-state index in [1.165, 1.54) is 4.90 Å². The molecule has 3 aliphatic rings. The molecule has 2 amide bonds. The smallest absolute Gasteiger partial charge is 0.327 e. The molecule has 0 aromatic carbocycles. The number of rotatable bonds is 2. The van der Waals surface area contributed by atoms with Crippen LogP contribution in [0.2, 0.25) is 0 Å². The summed E-state index contributed by atoms with van der Waals surface area (Å²) in [4.78, 5) is 13.4. The summed E-state index contributed by atoms with van der Waals surface area (Å²) in [6.45, 7) is -0.463. The first-order chi connectivity index (χ1) is 9.93. The van der Waals surface area contributed by atoms with Crippen LogP contribution in [-0.2, 0) is 4.74 Å². The van der Waals surface area contributed by atoms with Crippen molar-refractivity contribution in [3.63, 3.8) is 0 Å². The Hall–Kier alpha value is -1.33. The molecule has 9 nitrogen and oxygen atoms in total. The zero-order valence-electron chi connectivity index (χ0n) is 10.7. The molecule has 0 aliphatic carbocycles. The zero-order valence-corrected chi connectivity index (χ0v) is 12.3. The molecule has 1 unspecified atom stereocenters. The second-order valence-corrected chi connectivity index (χ2v) is 5.83. The third kappa shape index (κ3) is 2.19. The van der Waals surface area contributed by atoms with E-state index in [9.17, 15) is 15.0 Å². The van der Waals surface area contributed by atoms with Crippen LogP contribution in [0.4, 0.5) is 4.79 Å². The summed E-state index contributed by atoms with van der Waals surface area (Å²) >= 11 is 3.27. The van der Waals surface area contributed by atoms with E-state index in [0.717, 1.165) is 0 Å². The molecular weight excluding hydrogens is 348 g/mol. The maximum Gasteiger partial charge on any atom is 0.327 e. The first kappa shape index (κ1) is 14.6. The van der Waals surface area contributed by atoms with Gasteiger partial charge in [0.15, 0.2) is 6.23 Å². The number of amides is 2. The first-order valence-electron chi connectivity index (χ1n) is 6.29. The number of aliphatic hydroxyl groups is 3. The monoisotopic (exact) mass is 362 g/mol. The predicted octanol–water partition coefficient (Wildman–Crippen LogP) is -2.21. The van der Waals surface area contributed by atoms with Gasteiger partial charge in [-0.15, -0.1) is 0 Å². The minimum atomic E-state index is -1.34. The van der Waals surface area contributed by atoms with Gasteiger partial charge in [-0.2, -0.15) is 0 Å². The molecule has 116 valence electrons. The lowest BCUT2D eigenvalue weighted by atomic mass is 10.1. The largest absolute Gasteiger partial charge is 0.394 e. The Kier molecular flexibility index (Phi) is 3.58. The summed E-state index contributed by atoms with van der Waals surface area (Å²) in [7, 11) is 0. The van der Waals surface area contributed by atoms with E-state index in [1.54, 1.807) is 6.08 Å². The molecule has 0 aromatic heterocycles. The number of urea groups is 1. The van der Waals surface area contributed by atoms with E-state index < -0.39 is 43.3 Å². The third-order valence-electron chi connectivity index (χ3n) is 3.71. The SMILES string of the molecule is NC1=C2C=C(Br)NC2N([C@H]2O[C@@H](CO)[C@H](O)[C@H]2O)C(=O)N1. The molecule has 0 aromatic rings. The highest BCUT2D eigenvalue weighted by Crippen LogP contribution is 2.32. The number of halogens is 1. The van der Waals surface area contributed by atoms with Crippen LogP contribution < -0.4 is 16.4 Å². The molecule has 0 bridgehead atoms. The van der Waals surface area contributed by atoms with Gasteiger partial charge in [-0.25, -0.2) is 4.79 Å². The Morgan fingerprint density at radius 1 is 1.43 bits per heavy atom. The van der Waals surface area contributed by atoms with Gasteiger partial charge in [-0.1, -0.05) is 0 Å². The molecule has 0 saturated carbocycles. The number of carbonyl (C=O) groups is 1. The van der Waals surface area contributed by atoms with Crippen LogP contribution >= 0.6 is 15.9 Å². The number of hydrogen-bond acceptors (Lipinski definition) is 7. The zero-order chi connectivity index (χ0) is 15.3. The van der Waals surface area contributed by atoms with Crippen LogP contribution in [0, 0.1) is 0 Å². The number of aliphatic hydroxyl groups excluding tert-OH is 3. The summed E-state index contributed by atoms with van der Waals surface area (Å²) in [6, 6.07) is -0.570. The summed E-state index contributed by atoms with van der Waals surface area (Å²) in [5, 5.41) is 34.5. The highest BCUT2D eigenvalue weighted by Gasteiger charge is 2.51. The van der Waals surface area contributed by atoms with Crippen molar-refractivity contribution in [3.8, 4) is 0 Å². The molecule has 3 aliphatic heterocycles. The molecule has 10 heteroatoms. The standard InChI is InChI=1S/C11H15BrN4O5/c12-5-1-3-8(13)15-11(20)16(9(3)14-5)10-7(19)6(18)4(2-17)21-10/h1,4,6-7,9-10,14,17-19H,2,13H2,(H,15,20)/t4-,6-,7+,9?,10-/m0/s1. The maximum atomic E-state index is 12.2. The van der Waals surface area contributed by atoms with Crippen molar-refractivity contribution in [3.05, 3.63) is 22.1 Å². The van der Waals surface area contributed by atoms with E-state index in [0.29, 0.717) is 10.2 Å². The average molecular weight is 363 g/mol. The van der Waals surface area contributed by atoms with E-state index in [1.807, 2.05) is 0 Å². The highest BCUT2D eigenvalue weighted by molar-refractivity contribution is 9.11. The Labute approximate surface area is 128 Å². The fourth-order valence-electron chi connectivity index (χ4n) is 2.65. The van der Waals surface area contributed by atoms with Crippen molar-refractivity contribution in [2.24, 2.45) is 5.73 Å². The molecular formula is C11H15BrN4O5. The summed E-state index contributed by atoms with van der Waals surface area (Å²) in [5.41, 5.74) is 6.38. The van der Waals surface area contributed by atoms with Crippen molar-refractivity contribution >= 4 is 22.0 Å². The lowest BCUT2D eigenvalue weighted by Gasteiger charge is -2.39. The summed E-state index contributed by atoms with van der Waals surface area (Å²) in [5.74, 6) is 0.204. The lowest BCUT2D eigenvalue weighted by Crippen LogP contribution is -2.62. The van der Waals surface area contributed by atoms with Crippen molar-refractivity contribution in [1.82, 2.24) is 15.5 Å². The summed E-state index contributed by atoms with van der Waals surface area (Å²) in [6.07, 6.45) is -3.61. The topological polar surface area (TPSA) is 140 Å². The van der Waals surface area contributed by atoms with Crippen LogP contribution in [-0.4, -0.2) is 63.6 Å². The van der Waals surface area contributed by atoms with Gasteiger partial charge < -0.3 is 31.1 Å². The van der Waals surface area contributed by atoms with Gasteiger partial charge in [-0.05, 0) is 22.0 Å². The minimum absolute atomic E-state index is 0.204. The molecule has 3 heterocycles. The molecule has 5 atom stereocenters. The van der Waals surface area contributed by atoms with Crippen LogP contribution in [0.1, 0.15) is 0 Å². The number of carbonyl (C=O) groups excluding carboxylic acids is 1. The molecule has 0 spiro atoms. The van der Waals surface area contributed by atoms with E-state index in [4.69, 9.17) is 15.6 Å². The number of nitrogens with two attached hydrogens (primary N) is 1. The predicted molar refractivity (Wildman–Crippen MR) is 73.3 cm³/mol. The Morgan fingerprint density at radius 3 is 2.76 bits per heavy atom. The van der Waals surface area contributed by atoms with Gasteiger partial charge in [-0.3, -0.25) is 10.2 Å². The molecule has 1 fully saturated rings. The summed E-state index contributed by atoms with van der Waals surface area (Å²) < 4.78 is 6.02. The van der Waals surface area contributed by atoms with Crippen LogP contribution in [0.5, 0.6) is 0 Å². The normalized spacial score (nSPS) is 39.0. The first-order valence-corrected chi connectivity index (χ1v) is 7.08. The van der Waals surface area contributed by atoms with Crippen molar-refractivity contribution in [2.75, 3.05) is 6.61 Å². The van der Waals surface area contributed by atoms with Crippen molar-refractivity contribution < 1.29 is 24.9 Å². The number of hydrogen-bond donors (Lipinski definition) is 6. The fraction of sp³-hybridized carbons (Fsp3) is 0.545. The second kappa shape index (κ2) is 5.14. The number of ether oxygens (including phenoxy) is 1. The van der Waals surface area contributed by atoms with E-state index >= 15 is 0 Å². The molecule has 7 N–H and O–H groups in total. The molecule has 0 radical (unpaired) electrons. The van der Waals surface area contributed by atoms with Crippen molar-refractivity contribution in [2.45, 2.75) is 30.7 Å². The highest BCUT2D eigenvalue weighted by atomic mass is 79.9. The van der Waals surface area contributed by atoms with E-state index in [-0.39, 0.29) is 5.82 Å². The van der Waals surface area contributed by atoms with Gasteiger partial charge in [0.05, 0.1) is 11.2 Å². The molecule has 21 heavy (non-hydrogen) atoms. The van der Waals surface area contributed by atoms with Crippen LogP contribution in [0.15, 0.2) is 22.1 Å². The minimum Gasteiger partial charge on any atom is -0.394 e. The average Bonchev–Trinajstić information content (AvgIpc) is 2.94. The quantitative estimate of drug-likeness (QED) is 0.306. The Morgan fingerprint density at radius 2 is 2.14 bits per heavy atom. The van der Waals surface area contributed by atoms with Gasteiger partial charge in [0.1, 0.15) is 30.3 Å². The lowest BCUT2D eigenvalue weighted by molar-refractivity contribution is -0.0903.